The third-order valence-electron chi connectivity index (χ3n) is 3.52. The minimum atomic E-state index is 0.0180. The first kappa shape index (κ1) is 15.0. The third-order valence-corrected chi connectivity index (χ3v) is 3.52. The molecular weight excluding hydrogens is 290 g/mol. The zero-order chi connectivity index (χ0) is 16.1. The Morgan fingerprint density at radius 1 is 1.22 bits per heavy atom. The fourth-order valence-corrected chi connectivity index (χ4v) is 2.46. The normalized spacial score (nSPS) is 12.0. The van der Waals surface area contributed by atoms with Gasteiger partial charge in [-0.15, -0.1) is 0 Å². The molecule has 0 radical (unpaired) electrons. The van der Waals surface area contributed by atoms with Gasteiger partial charge in [0.1, 0.15) is 0 Å². The van der Waals surface area contributed by atoms with E-state index in [9.17, 15) is 4.79 Å². The second-order valence-electron chi connectivity index (χ2n) is 5.52. The molecule has 0 aliphatic heterocycles. The Balaban J connectivity index is 1.53. The van der Waals surface area contributed by atoms with Crippen molar-refractivity contribution in [1.29, 1.82) is 0 Å². The van der Waals surface area contributed by atoms with Crippen molar-refractivity contribution in [3.63, 3.8) is 0 Å². The highest BCUT2D eigenvalue weighted by Crippen LogP contribution is 2.09. The molecule has 0 spiro atoms. The highest BCUT2D eigenvalue weighted by atomic mass is 16.1. The van der Waals surface area contributed by atoms with Crippen molar-refractivity contribution in [3.8, 4) is 5.69 Å². The number of rotatable bonds is 6. The molecular formula is C17H19N5O. The van der Waals surface area contributed by atoms with Gasteiger partial charge in [-0.3, -0.25) is 4.79 Å². The first-order chi connectivity index (χ1) is 11.2. The van der Waals surface area contributed by atoms with Gasteiger partial charge in [-0.1, -0.05) is 12.1 Å². The zero-order valence-electron chi connectivity index (χ0n) is 13.0. The molecule has 1 aromatic carbocycles. The summed E-state index contributed by atoms with van der Waals surface area (Å²) < 4.78 is 3.74. The van der Waals surface area contributed by atoms with E-state index in [-0.39, 0.29) is 11.9 Å². The summed E-state index contributed by atoms with van der Waals surface area (Å²) in [4.78, 5) is 16.1. The van der Waals surface area contributed by atoms with Gasteiger partial charge in [-0.2, -0.15) is 5.10 Å². The van der Waals surface area contributed by atoms with Crippen LogP contribution in [0.25, 0.3) is 5.69 Å². The van der Waals surface area contributed by atoms with Crippen molar-refractivity contribution in [3.05, 3.63) is 67.0 Å². The average Bonchev–Trinajstić information content (AvgIpc) is 3.20. The van der Waals surface area contributed by atoms with Crippen LogP contribution in [-0.2, 0) is 17.8 Å². The van der Waals surface area contributed by atoms with E-state index in [1.807, 2.05) is 54.2 Å². The number of carbonyl (C=O) groups is 1. The maximum Gasteiger partial charge on any atom is 0.224 e. The molecule has 1 N–H and O–H groups in total. The largest absolute Gasteiger partial charge is 0.352 e. The molecule has 0 fully saturated rings. The lowest BCUT2D eigenvalue weighted by atomic mass is 10.1. The summed E-state index contributed by atoms with van der Waals surface area (Å²) in [7, 11) is 0. The van der Waals surface area contributed by atoms with Gasteiger partial charge < -0.3 is 9.88 Å². The molecule has 3 rings (SSSR count). The number of aromatic nitrogens is 4. The van der Waals surface area contributed by atoms with E-state index in [0.29, 0.717) is 13.0 Å². The lowest BCUT2D eigenvalue weighted by Gasteiger charge is -2.14. The lowest BCUT2D eigenvalue weighted by Crippen LogP contribution is -2.36. The predicted octanol–water partition coefficient (Wildman–Crippen LogP) is 1.82. The van der Waals surface area contributed by atoms with E-state index in [2.05, 4.69) is 15.4 Å². The molecule has 0 aliphatic carbocycles. The molecule has 6 heteroatoms. The Morgan fingerprint density at radius 2 is 2.04 bits per heavy atom. The van der Waals surface area contributed by atoms with Crippen LogP contribution in [0.15, 0.2) is 61.4 Å². The molecule has 2 aromatic heterocycles. The maximum atomic E-state index is 12.1. The fourth-order valence-electron chi connectivity index (χ4n) is 2.46. The van der Waals surface area contributed by atoms with Crippen LogP contribution < -0.4 is 5.32 Å². The summed E-state index contributed by atoms with van der Waals surface area (Å²) in [5.74, 6) is 0.0180. The van der Waals surface area contributed by atoms with Gasteiger partial charge in [0.2, 0.25) is 5.91 Å². The van der Waals surface area contributed by atoms with Gasteiger partial charge in [0.15, 0.2) is 0 Å². The Morgan fingerprint density at radius 3 is 2.70 bits per heavy atom. The van der Waals surface area contributed by atoms with Crippen molar-refractivity contribution in [1.82, 2.24) is 24.6 Å². The van der Waals surface area contributed by atoms with Gasteiger partial charge in [0.25, 0.3) is 0 Å². The SMILES string of the molecule is C[C@H](Cn1ccnc1)NC(=O)Cc1ccc(-n2cccn2)cc1. The van der Waals surface area contributed by atoms with Gasteiger partial charge >= 0.3 is 0 Å². The van der Waals surface area contributed by atoms with E-state index in [1.54, 1.807) is 23.4 Å². The van der Waals surface area contributed by atoms with Crippen LogP contribution in [0.1, 0.15) is 12.5 Å². The number of hydrogen-bond acceptors (Lipinski definition) is 3. The van der Waals surface area contributed by atoms with Crippen LogP contribution in [-0.4, -0.2) is 31.3 Å². The number of nitrogens with one attached hydrogen (secondary N) is 1. The summed E-state index contributed by atoms with van der Waals surface area (Å²) in [6, 6.07) is 9.77. The molecule has 0 bridgehead atoms. The Hall–Kier alpha value is -2.89. The molecule has 3 aromatic rings. The number of imidazole rings is 1. The third kappa shape index (κ3) is 4.06. The second kappa shape index (κ2) is 6.91. The zero-order valence-corrected chi connectivity index (χ0v) is 13.0. The summed E-state index contributed by atoms with van der Waals surface area (Å²) in [6.45, 7) is 2.70. The van der Waals surface area contributed by atoms with Crippen LogP contribution in [0.3, 0.4) is 0 Å². The number of nitrogens with zero attached hydrogens (tertiary/aromatic N) is 4. The standard InChI is InChI=1S/C17H19N5O/c1-14(12-21-10-8-18-13-21)20-17(23)11-15-3-5-16(6-4-15)22-9-2-7-19-22/h2-10,13-14H,11-12H2,1H3,(H,20,23)/t14-/m1/s1. The van der Waals surface area contributed by atoms with E-state index in [0.717, 1.165) is 11.3 Å². The molecule has 118 valence electrons. The second-order valence-corrected chi connectivity index (χ2v) is 5.52. The van der Waals surface area contributed by atoms with E-state index < -0.39 is 0 Å². The monoisotopic (exact) mass is 309 g/mol. The molecule has 1 atom stereocenters. The van der Waals surface area contributed by atoms with Gasteiger partial charge in [0.05, 0.1) is 18.4 Å². The van der Waals surface area contributed by atoms with Crippen molar-refractivity contribution < 1.29 is 4.79 Å². The number of benzene rings is 1. The lowest BCUT2D eigenvalue weighted by molar-refractivity contribution is -0.121. The molecule has 0 saturated heterocycles. The highest BCUT2D eigenvalue weighted by molar-refractivity contribution is 5.78. The number of hydrogen-bond donors (Lipinski definition) is 1. The predicted molar refractivity (Wildman–Crippen MR) is 87.1 cm³/mol. The maximum absolute atomic E-state index is 12.1. The van der Waals surface area contributed by atoms with E-state index in [4.69, 9.17) is 0 Å². The molecule has 0 unspecified atom stereocenters. The van der Waals surface area contributed by atoms with Gasteiger partial charge in [-0.25, -0.2) is 9.67 Å². The molecule has 2 heterocycles. The fraction of sp³-hybridized carbons (Fsp3) is 0.235. The van der Waals surface area contributed by atoms with Crippen LogP contribution in [0.5, 0.6) is 0 Å². The van der Waals surface area contributed by atoms with Gasteiger partial charge in [-0.05, 0) is 30.7 Å². The van der Waals surface area contributed by atoms with Crippen molar-refractivity contribution >= 4 is 5.91 Å². The van der Waals surface area contributed by atoms with Crippen molar-refractivity contribution in [2.24, 2.45) is 0 Å². The minimum absolute atomic E-state index is 0.0180. The summed E-state index contributed by atoms with van der Waals surface area (Å²) in [6.07, 6.45) is 9.36. The van der Waals surface area contributed by atoms with E-state index in [1.165, 1.54) is 0 Å². The van der Waals surface area contributed by atoms with Crippen molar-refractivity contribution in [2.45, 2.75) is 25.9 Å². The number of amides is 1. The smallest absolute Gasteiger partial charge is 0.224 e. The van der Waals surface area contributed by atoms with Crippen molar-refractivity contribution in [2.75, 3.05) is 0 Å². The first-order valence-electron chi connectivity index (χ1n) is 7.55. The van der Waals surface area contributed by atoms with Crippen LogP contribution in [0.4, 0.5) is 0 Å². The first-order valence-corrected chi connectivity index (χ1v) is 7.55. The summed E-state index contributed by atoms with van der Waals surface area (Å²) in [5, 5.41) is 7.19. The van der Waals surface area contributed by atoms with E-state index >= 15 is 0 Å². The summed E-state index contributed by atoms with van der Waals surface area (Å²) in [5.41, 5.74) is 1.96. The molecule has 1 amide bonds. The van der Waals surface area contributed by atoms with Crippen LogP contribution in [0.2, 0.25) is 0 Å². The quantitative estimate of drug-likeness (QED) is 0.755. The Labute approximate surface area is 134 Å². The van der Waals surface area contributed by atoms with Gasteiger partial charge in [0, 0.05) is 37.4 Å². The number of carbonyl (C=O) groups excluding carboxylic acids is 1. The summed E-state index contributed by atoms with van der Waals surface area (Å²) >= 11 is 0. The van der Waals surface area contributed by atoms with Crippen LogP contribution in [0, 0.1) is 0 Å². The van der Waals surface area contributed by atoms with Crippen LogP contribution >= 0.6 is 0 Å². The Kier molecular flexibility index (Phi) is 4.52. The minimum Gasteiger partial charge on any atom is -0.352 e. The topological polar surface area (TPSA) is 64.7 Å². The average molecular weight is 309 g/mol. The molecule has 0 saturated carbocycles. The molecule has 6 nitrogen and oxygen atoms in total. The highest BCUT2D eigenvalue weighted by Gasteiger charge is 2.09. The Bertz CT molecular complexity index is 732. The molecule has 0 aliphatic rings. The molecule has 23 heavy (non-hydrogen) atoms.